The zero-order chi connectivity index (χ0) is 28.2. The summed E-state index contributed by atoms with van der Waals surface area (Å²) in [5.41, 5.74) is 8.29. The molecule has 1 saturated carbocycles. The number of carbonyl (C=O) groups excluding carboxylic acids is 1. The van der Waals surface area contributed by atoms with Crippen LogP contribution in [0.4, 0.5) is 5.69 Å². The van der Waals surface area contributed by atoms with Crippen molar-refractivity contribution < 1.29 is 22.8 Å². The summed E-state index contributed by atoms with van der Waals surface area (Å²) in [4.78, 5) is 22.4. The first-order valence-corrected chi connectivity index (χ1v) is 14.0. The maximum atomic E-state index is 13.2. The van der Waals surface area contributed by atoms with E-state index in [-0.39, 0.29) is 22.3 Å². The lowest BCUT2D eigenvalue weighted by atomic mass is 9.87. The number of hydrogen-bond acceptors (Lipinski definition) is 8. The van der Waals surface area contributed by atoms with Crippen molar-refractivity contribution in [1.82, 2.24) is 9.78 Å². The highest BCUT2D eigenvalue weighted by molar-refractivity contribution is 7.89. The zero-order valence-electron chi connectivity index (χ0n) is 21.8. The van der Waals surface area contributed by atoms with Gasteiger partial charge in [0.05, 0.1) is 31.1 Å². The molecule has 4 rings (SSSR count). The maximum absolute atomic E-state index is 13.2. The molecule has 1 heterocycles. The predicted molar refractivity (Wildman–Crippen MR) is 147 cm³/mol. The first kappa shape index (κ1) is 28.2. The molecule has 39 heavy (non-hydrogen) atoms. The Labute approximate surface area is 227 Å². The molecule has 0 spiro atoms. The Morgan fingerprint density at radius 2 is 1.82 bits per heavy atom. The number of nitrogens with zero attached hydrogens (tertiary/aromatic N) is 3. The number of primary sulfonamides is 1. The van der Waals surface area contributed by atoms with Gasteiger partial charge in [-0.1, -0.05) is 0 Å². The third-order valence-corrected chi connectivity index (χ3v) is 7.61. The lowest BCUT2D eigenvalue weighted by molar-refractivity contribution is 0.0843. The minimum Gasteiger partial charge on any atom is -0.497 e. The largest absolute Gasteiger partial charge is 0.497 e. The zero-order valence-corrected chi connectivity index (χ0v) is 22.6. The van der Waals surface area contributed by atoms with Crippen LogP contribution in [0.2, 0.25) is 0 Å². The number of nitrogens with two attached hydrogens (primary N) is 3. The Morgan fingerprint density at radius 1 is 1.13 bits per heavy atom. The van der Waals surface area contributed by atoms with Gasteiger partial charge in [0.15, 0.2) is 0 Å². The van der Waals surface area contributed by atoms with E-state index >= 15 is 0 Å². The van der Waals surface area contributed by atoms with E-state index in [9.17, 15) is 13.2 Å². The molecule has 208 valence electrons. The second-order valence-electron chi connectivity index (χ2n) is 9.52. The van der Waals surface area contributed by atoms with Crippen molar-refractivity contribution >= 4 is 27.5 Å². The van der Waals surface area contributed by atoms with Crippen molar-refractivity contribution in [1.29, 1.82) is 0 Å². The molecule has 1 aliphatic carbocycles. The van der Waals surface area contributed by atoms with E-state index in [0.717, 1.165) is 31.2 Å². The van der Waals surface area contributed by atoms with Crippen molar-refractivity contribution in [2.75, 3.05) is 19.0 Å². The second kappa shape index (κ2) is 11.9. The SMILES string of the molecule is COc1ccc(-n2nc(C)cc2C(=O)Nc2ccc(C(N)=NC3CCC(CON)CC3)cc2)c(S(N)(=O)=O)c1. The number of ether oxygens (including phenoxy) is 1. The van der Waals surface area contributed by atoms with Crippen LogP contribution >= 0.6 is 0 Å². The number of sulfonamides is 1. The van der Waals surface area contributed by atoms with Crippen LogP contribution < -0.4 is 26.8 Å². The quantitative estimate of drug-likeness (QED) is 0.175. The van der Waals surface area contributed by atoms with Crippen molar-refractivity contribution in [3.05, 3.63) is 65.5 Å². The predicted octanol–water partition coefficient (Wildman–Crippen LogP) is 2.24. The Kier molecular flexibility index (Phi) is 8.65. The second-order valence-corrected chi connectivity index (χ2v) is 11.0. The lowest BCUT2D eigenvalue weighted by Gasteiger charge is -2.25. The normalized spacial score (nSPS) is 18.1. The number of methoxy groups -OCH3 is 1. The average Bonchev–Trinajstić information content (AvgIpc) is 3.31. The van der Waals surface area contributed by atoms with Gasteiger partial charge in [-0.15, -0.1) is 0 Å². The van der Waals surface area contributed by atoms with E-state index < -0.39 is 15.9 Å². The number of aromatic nitrogens is 2. The monoisotopic (exact) mass is 555 g/mol. The van der Waals surface area contributed by atoms with Crippen LogP contribution in [-0.4, -0.2) is 49.7 Å². The van der Waals surface area contributed by atoms with Gasteiger partial charge < -0.3 is 20.6 Å². The van der Waals surface area contributed by atoms with Crippen molar-refractivity contribution in [2.24, 2.45) is 27.7 Å². The van der Waals surface area contributed by atoms with Gasteiger partial charge in [-0.3, -0.25) is 9.79 Å². The number of aliphatic imine (C=N–C) groups is 1. The highest BCUT2D eigenvalue weighted by Gasteiger charge is 2.23. The summed E-state index contributed by atoms with van der Waals surface area (Å²) in [6.45, 7) is 2.26. The van der Waals surface area contributed by atoms with Crippen LogP contribution in [0.25, 0.3) is 5.69 Å². The van der Waals surface area contributed by atoms with Gasteiger partial charge in [-0.2, -0.15) is 5.10 Å². The lowest BCUT2D eigenvalue weighted by Crippen LogP contribution is -2.25. The Hall–Kier alpha value is -3.78. The van der Waals surface area contributed by atoms with Crippen LogP contribution in [0.5, 0.6) is 5.75 Å². The molecule has 1 fully saturated rings. The molecule has 0 radical (unpaired) electrons. The fraction of sp³-hybridized carbons (Fsp3) is 0.346. The maximum Gasteiger partial charge on any atom is 0.274 e. The average molecular weight is 556 g/mol. The number of hydrogen-bond donors (Lipinski definition) is 4. The Balaban J connectivity index is 1.51. The summed E-state index contributed by atoms with van der Waals surface area (Å²) < 4.78 is 30.9. The number of amides is 1. The van der Waals surface area contributed by atoms with Crippen molar-refractivity contribution in [3.8, 4) is 11.4 Å². The minimum atomic E-state index is -4.14. The third kappa shape index (κ3) is 6.81. The van der Waals surface area contributed by atoms with Crippen LogP contribution in [-0.2, 0) is 14.9 Å². The van der Waals surface area contributed by atoms with E-state index in [2.05, 4.69) is 15.4 Å². The van der Waals surface area contributed by atoms with Gasteiger partial charge in [0, 0.05) is 17.3 Å². The molecule has 7 N–H and O–H groups in total. The van der Waals surface area contributed by atoms with Crippen LogP contribution in [0.15, 0.2) is 58.4 Å². The molecule has 13 heteroatoms. The fourth-order valence-corrected chi connectivity index (χ4v) is 5.36. The molecule has 0 atom stereocenters. The number of carbonyl (C=O) groups is 1. The molecule has 0 unspecified atom stereocenters. The summed E-state index contributed by atoms with van der Waals surface area (Å²) in [6, 6.07) is 13.1. The molecule has 0 aliphatic heterocycles. The van der Waals surface area contributed by atoms with Crippen molar-refractivity contribution in [3.63, 3.8) is 0 Å². The van der Waals surface area contributed by atoms with E-state index in [4.69, 9.17) is 26.3 Å². The van der Waals surface area contributed by atoms with Gasteiger partial charge in [-0.25, -0.2) is 24.1 Å². The van der Waals surface area contributed by atoms with Crippen molar-refractivity contribution in [2.45, 2.75) is 43.5 Å². The number of aryl methyl sites for hydroxylation is 1. The highest BCUT2D eigenvalue weighted by atomic mass is 32.2. The molecule has 0 bridgehead atoms. The smallest absolute Gasteiger partial charge is 0.274 e. The molecular weight excluding hydrogens is 522 g/mol. The fourth-order valence-electron chi connectivity index (χ4n) is 4.64. The first-order valence-electron chi connectivity index (χ1n) is 12.4. The summed E-state index contributed by atoms with van der Waals surface area (Å²) in [5, 5.41) is 12.6. The van der Waals surface area contributed by atoms with Crippen LogP contribution in [0.3, 0.4) is 0 Å². The Bertz CT molecular complexity index is 1460. The minimum absolute atomic E-state index is 0.125. The molecule has 2 aromatic carbocycles. The number of rotatable bonds is 9. The molecule has 12 nitrogen and oxygen atoms in total. The number of amidine groups is 1. The van der Waals surface area contributed by atoms with Crippen LogP contribution in [0, 0.1) is 12.8 Å². The number of benzene rings is 2. The summed E-state index contributed by atoms with van der Waals surface area (Å²) in [7, 11) is -2.73. The van der Waals surface area contributed by atoms with E-state index in [1.165, 1.54) is 23.9 Å². The van der Waals surface area contributed by atoms with Gasteiger partial charge in [-0.05, 0) is 81.0 Å². The molecule has 0 saturated heterocycles. The molecule has 1 aromatic heterocycles. The standard InChI is InChI=1S/C26H33N7O5S/c1-16-13-23(33(32-16)22-12-11-21(37-2)14-24(22)39(29,35)36)26(34)31-20-9-5-18(6-10-20)25(27)30-19-7-3-17(4-8-19)15-38-28/h5-6,9-14,17,19H,3-4,7-8,15,28H2,1-2H3,(H2,27,30)(H,31,34)(H2,29,35,36). The third-order valence-electron chi connectivity index (χ3n) is 6.67. The first-order chi connectivity index (χ1) is 18.6. The van der Waals surface area contributed by atoms with Gasteiger partial charge in [0.25, 0.3) is 5.91 Å². The van der Waals surface area contributed by atoms with Crippen LogP contribution in [0.1, 0.15) is 47.4 Å². The molecule has 1 aliphatic rings. The Morgan fingerprint density at radius 3 is 2.44 bits per heavy atom. The van der Waals surface area contributed by atoms with Gasteiger partial charge in [0.2, 0.25) is 10.0 Å². The molecule has 1 amide bonds. The van der Waals surface area contributed by atoms with E-state index in [1.54, 1.807) is 43.3 Å². The topological polar surface area (TPSA) is 190 Å². The van der Waals surface area contributed by atoms with E-state index in [0.29, 0.717) is 35.5 Å². The summed E-state index contributed by atoms with van der Waals surface area (Å²) in [5.74, 6) is 5.90. The number of nitrogens with one attached hydrogen (secondary N) is 1. The van der Waals surface area contributed by atoms with Gasteiger partial charge in [0.1, 0.15) is 22.2 Å². The van der Waals surface area contributed by atoms with Gasteiger partial charge >= 0.3 is 0 Å². The molecular formula is C26H33N7O5S. The summed E-state index contributed by atoms with van der Waals surface area (Å²) >= 11 is 0. The van der Waals surface area contributed by atoms with E-state index in [1.807, 2.05) is 0 Å². The number of anilines is 1. The summed E-state index contributed by atoms with van der Waals surface area (Å²) in [6.07, 6.45) is 3.85. The highest BCUT2D eigenvalue weighted by Crippen LogP contribution is 2.27. The molecule has 3 aromatic rings.